The molecule has 2 aromatic carbocycles. The van der Waals surface area contributed by atoms with Gasteiger partial charge in [0.05, 0.1) is 18.8 Å². The molecule has 0 saturated carbocycles. The first kappa shape index (κ1) is 12.0. The van der Waals surface area contributed by atoms with Gasteiger partial charge >= 0.3 is 0 Å². The predicted octanol–water partition coefficient (Wildman–Crippen LogP) is 1.78. The maximum Gasteiger partial charge on any atom is 0.261 e. The zero-order valence-electron chi connectivity index (χ0n) is 9.11. The summed E-state index contributed by atoms with van der Waals surface area (Å²) in [5, 5.41) is 10.9. The number of benzene rings is 2. The van der Waals surface area contributed by atoms with E-state index in [1.807, 2.05) is 36.4 Å². The quantitative estimate of drug-likeness (QED) is 0.814. The first-order valence-electron chi connectivity index (χ1n) is 5.20. The number of fused-ring (bicyclic) bond motifs is 1. The fourth-order valence-electron chi connectivity index (χ4n) is 1.72. The zero-order chi connectivity index (χ0) is 12.3. The van der Waals surface area contributed by atoms with Crippen LogP contribution in [-0.4, -0.2) is 27.0 Å². The van der Waals surface area contributed by atoms with Crippen LogP contribution < -0.4 is 4.31 Å². The van der Waals surface area contributed by atoms with Crippen molar-refractivity contribution in [2.75, 3.05) is 17.5 Å². The Morgan fingerprint density at radius 2 is 1.82 bits per heavy atom. The summed E-state index contributed by atoms with van der Waals surface area (Å²) in [6, 6.07) is 13.3. The van der Waals surface area contributed by atoms with Gasteiger partial charge in [-0.25, -0.2) is 4.21 Å². The highest BCUT2D eigenvalue weighted by molar-refractivity contribution is 7.80. The molecule has 0 spiro atoms. The minimum Gasteiger partial charge on any atom is -0.394 e. The zero-order valence-corrected chi connectivity index (χ0v) is 9.93. The molecule has 0 aliphatic carbocycles. The van der Waals surface area contributed by atoms with Crippen molar-refractivity contribution in [3.63, 3.8) is 0 Å². The summed E-state index contributed by atoms with van der Waals surface area (Å²) >= 11 is -2.12. The van der Waals surface area contributed by atoms with E-state index in [2.05, 4.69) is 0 Å². The number of hydrogen-bond acceptors (Lipinski definition) is 2. The second-order valence-corrected chi connectivity index (χ2v) is 4.49. The van der Waals surface area contributed by atoms with E-state index >= 15 is 0 Å². The van der Waals surface area contributed by atoms with Crippen LogP contribution in [0.15, 0.2) is 42.5 Å². The molecule has 0 fully saturated rings. The summed E-state index contributed by atoms with van der Waals surface area (Å²) in [5.41, 5.74) is 0.624. The number of hydrogen-bond donors (Lipinski definition) is 2. The summed E-state index contributed by atoms with van der Waals surface area (Å²) in [6.07, 6.45) is 0. The molecule has 1 unspecified atom stereocenters. The molecule has 0 aliphatic rings. The van der Waals surface area contributed by atoms with Gasteiger partial charge in [0.2, 0.25) is 0 Å². The molecule has 0 aliphatic heterocycles. The molecule has 0 saturated heterocycles. The number of anilines is 1. The summed E-state index contributed by atoms with van der Waals surface area (Å²) < 4.78 is 21.6. The Morgan fingerprint density at radius 3 is 2.47 bits per heavy atom. The van der Waals surface area contributed by atoms with Gasteiger partial charge in [0, 0.05) is 0 Å². The maximum atomic E-state index is 11.2. The Morgan fingerprint density at radius 1 is 1.12 bits per heavy atom. The second kappa shape index (κ2) is 5.27. The fraction of sp³-hybridized carbons (Fsp3) is 0.167. The fourth-order valence-corrected chi connectivity index (χ4v) is 2.25. The van der Waals surface area contributed by atoms with Crippen molar-refractivity contribution < 1.29 is 13.9 Å². The highest BCUT2D eigenvalue weighted by Gasteiger charge is 2.11. The average molecular weight is 251 g/mol. The van der Waals surface area contributed by atoms with Gasteiger partial charge in [-0.2, -0.15) is 0 Å². The molecular weight excluding hydrogens is 238 g/mol. The van der Waals surface area contributed by atoms with Crippen LogP contribution in [0.1, 0.15) is 0 Å². The average Bonchev–Trinajstić information content (AvgIpc) is 2.35. The minimum absolute atomic E-state index is 0.126. The van der Waals surface area contributed by atoms with Crippen molar-refractivity contribution in [1.29, 1.82) is 0 Å². The third kappa shape index (κ3) is 2.63. The normalized spacial score (nSPS) is 12.6. The number of rotatable bonds is 4. The Balaban J connectivity index is 2.43. The lowest BCUT2D eigenvalue weighted by Gasteiger charge is -2.19. The van der Waals surface area contributed by atoms with E-state index in [-0.39, 0.29) is 13.2 Å². The Hall–Kier alpha value is -1.43. The van der Waals surface area contributed by atoms with E-state index in [1.165, 1.54) is 4.31 Å². The first-order chi connectivity index (χ1) is 8.22. The van der Waals surface area contributed by atoms with Gasteiger partial charge in [0.1, 0.15) is 0 Å². The molecule has 90 valence electrons. The molecule has 0 amide bonds. The van der Waals surface area contributed by atoms with Crippen LogP contribution in [-0.2, 0) is 11.3 Å². The lowest BCUT2D eigenvalue weighted by Crippen LogP contribution is -2.28. The monoisotopic (exact) mass is 251 g/mol. The third-order valence-electron chi connectivity index (χ3n) is 2.51. The number of aliphatic hydroxyl groups is 1. The minimum atomic E-state index is -2.12. The van der Waals surface area contributed by atoms with Crippen LogP contribution in [0.5, 0.6) is 0 Å². The van der Waals surface area contributed by atoms with Crippen LogP contribution >= 0.6 is 0 Å². The van der Waals surface area contributed by atoms with E-state index in [0.29, 0.717) is 5.69 Å². The topological polar surface area (TPSA) is 60.8 Å². The Labute approximate surface area is 102 Å². The van der Waals surface area contributed by atoms with Crippen LogP contribution in [0.2, 0.25) is 0 Å². The highest BCUT2D eigenvalue weighted by Crippen LogP contribution is 2.22. The Kier molecular flexibility index (Phi) is 3.73. The van der Waals surface area contributed by atoms with Gasteiger partial charge < -0.3 is 5.11 Å². The van der Waals surface area contributed by atoms with Gasteiger partial charge in [0.25, 0.3) is 11.3 Å². The molecular formula is C12H13NO3S. The van der Waals surface area contributed by atoms with E-state index < -0.39 is 11.3 Å². The van der Waals surface area contributed by atoms with Gasteiger partial charge in [-0.15, -0.1) is 0 Å². The molecule has 2 rings (SSSR count). The smallest absolute Gasteiger partial charge is 0.261 e. The predicted molar refractivity (Wildman–Crippen MR) is 69.2 cm³/mol. The molecule has 4 nitrogen and oxygen atoms in total. The lowest BCUT2D eigenvalue weighted by molar-refractivity contribution is 0.306. The third-order valence-corrected chi connectivity index (χ3v) is 3.28. The molecule has 0 bridgehead atoms. The molecule has 2 aromatic rings. The molecule has 2 N–H and O–H groups in total. The van der Waals surface area contributed by atoms with Crippen molar-refractivity contribution in [3.05, 3.63) is 42.5 Å². The first-order valence-corrected chi connectivity index (χ1v) is 6.27. The molecule has 17 heavy (non-hydrogen) atoms. The molecule has 0 aromatic heterocycles. The summed E-state index contributed by atoms with van der Waals surface area (Å²) in [5.74, 6) is 0. The van der Waals surface area contributed by atoms with Crippen LogP contribution in [0, 0.1) is 0 Å². The van der Waals surface area contributed by atoms with Gasteiger partial charge in [0.15, 0.2) is 0 Å². The van der Waals surface area contributed by atoms with Crippen molar-refractivity contribution in [1.82, 2.24) is 0 Å². The molecule has 0 radical (unpaired) electrons. The van der Waals surface area contributed by atoms with E-state index in [9.17, 15) is 4.21 Å². The second-order valence-electron chi connectivity index (χ2n) is 3.59. The van der Waals surface area contributed by atoms with E-state index in [0.717, 1.165) is 10.8 Å². The molecule has 1 atom stereocenters. The van der Waals surface area contributed by atoms with Crippen molar-refractivity contribution in [3.8, 4) is 0 Å². The maximum absolute atomic E-state index is 11.2. The molecule has 5 heteroatoms. The number of nitrogens with zero attached hydrogens (tertiary/aromatic N) is 1. The SMILES string of the molecule is O=S(O)N(CCO)c1ccc2ccccc2c1. The standard InChI is InChI=1S/C12H13NO3S/c14-8-7-13(17(15)16)12-6-5-10-3-1-2-4-11(10)9-12/h1-6,9,14H,7-8H2,(H,15,16). The van der Waals surface area contributed by atoms with Crippen molar-refractivity contribution in [2.24, 2.45) is 0 Å². The summed E-state index contributed by atoms with van der Waals surface area (Å²) in [6.45, 7) is -0.0411. The van der Waals surface area contributed by atoms with Crippen LogP contribution in [0.3, 0.4) is 0 Å². The van der Waals surface area contributed by atoms with E-state index in [4.69, 9.17) is 9.66 Å². The summed E-state index contributed by atoms with van der Waals surface area (Å²) in [4.78, 5) is 0. The molecule has 0 heterocycles. The largest absolute Gasteiger partial charge is 0.394 e. The highest BCUT2D eigenvalue weighted by atomic mass is 32.2. The van der Waals surface area contributed by atoms with Crippen LogP contribution in [0.4, 0.5) is 5.69 Å². The van der Waals surface area contributed by atoms with E-state index in [1.54, 1.807) is 6.07 Å². The van der Waals surface area contributed by atoms with Crippen LogP contribution in [0.25, 0.3) is 10.8 Å². The number of aliphatic hydroxyl groups excluding tert-OH is 1. The van der Waals surface area contributed by atoms with Gasteiger partial charge in [-0.05, 0) is 22.9 Å². The van der Waals surface area contributed by atoms with Crippen molar-refractivity contribution >= 4 is 27.7 Å². The van der Waals surface area contributed by atoms with Gasteiger partial charge in [-0.1, -0.05) is 30.3 Å². The van der Waals surface area contributed by atoms with Crippen molar-refractivity contribution in [2.45, 2.75) is 0 Å². The van der Waals surface area contributed by atoms with Gasteiger partial charge in [-0.3, -0.25) is 8.86 Å². The lowest BCUT2D eigenvalue weighted by atomic mass is 10.1. The Bertz CT molecular complexity index is 544. The summed E-state index contributed by atoms with van der Waals surface area (Å²) in [7, 11) is 0.